The highest BCUT2D eigenvalue weighted by Gasteiger charge is 2.26. The van der Waals surface area contributed by atoms with Gasteiger partial charge in [0.25, 0.3) is 0 Å². The molecule has 0 bridgehead atoms. The van der Waals surface area contributed by atoms with E-state index in [1.807, 2.05) is 6.07 Å². The fourth-order valence-electron chi connectivity index (χ4n) is 3.16. The minimum absolute atomic E-state index is 0.342. The zero-order valence-corrected chi connectivity index (χ0v) is 14.6. The van der Waals surface area contributed by atoms with Gasteiger partial charge in [0.05, 0.1) is 11.7 Å². The number of nitrogens with one attached hydrogen (secondary N) is 1. The fraction of sp³-hybridized carbons (Fsp3) is 0.250. The molecule has 1 aliphatic rings. The minimum atomic E-state index is 0.342. The number of thiazole rings is 1. The Morgan fingerprint density at radius 3 is 2.67 bits per heavy atom. The molecule has 1 aromatic heterocycles. The van der Waals surface area contributed by atoms with Gasteiger partial charge >= 0.3 is 0 Å². The number of hydrogen-bond acceptors (Lipinski definition) is 4. The average molecular weight is 335 g/mol. The third-order valence-electron chi connectivity index (χ3n) is 4.51. The predicted molar refractivity (Wildman–Crippen MR) is 102 cm³/mol. The number of piperazine rings is 1. The summed E-state index contributed by atoms with van der Waals surface area (Å²) in [6.45, 7) is 5.08. The number of benzene rings is 2. The number of rotatable bonds is 3. The summed E-state index contributed by atoms with van der Waals surface area (Å²) in [7, 11) is 0. The van der Waals surface area contributed by atoms with Gasteiger partial charge in [0.2, 0.25) is 0 Å². The lowest BCUT2D eigenvalue weighted by molar-refractivity contribution is 0.489. The maximum absolute atomic E-state index is 4.91. The Kier molecular flexibility index (Phi) is 4.32. The predicted octanol–water partition coefficient (Wildman–Crippen LogP) is 4.27. The molecule has 0 aliphatic carbocycles. The van der Waals surface area contributed by atoms with E-state index in [9.17, 15) is 0 Å². The Bertz CT molecular complexity index is 795. The molecule has 0 amide bonds. The third-order valence-corrected chi connectivity index (χ3v) is 5.39. The molecule has 24 heavy (non-hydrogen) atoms. The molecule has 1 atom stereocenters. The van der Waals surface area contributed by atoms with Crippen LogP contribution in [0.4, 0.5) is 5.13 Å². The Labute approximate surface area is 147 Å². The Morgan fingerprint density at radius 1 is 1.08 bits per heavy atom. The zero-order chi connectivity index (χ0) is 16.4. The SMILES string of the molecule is Cc1ccc(C2CNCCN2c2nc(-c3ccccc3)cs2)cc1. The third kappa shape index (κ3) is 3.07. The van der Waals surface area contributed by atoms with Crippen LogP contribution in [0.3, 0.4) is 0 Å². The lowest BCUT2D eigenvalue weighted by Crippen LogP contribution is -2.46. The van der Waals surface area contributed by atoms with Crippen molar-refractivity contribution in [2.24, 2.45) is 0 Å². The lowest BCUT2D eigenvalue weighted by Gasteiger charge is -2.36. The van der Waals surface area contributed by atoms with Crippen LogP contribution in [0.15, 0.2) is 60.0 Å². The smallest absolute Gasteiger partial charge is 0.186 e. The van der Waals surface area contributed by atoms with E-state index in [0.29, 0.717) is 6.04 Å². The molecule has 4 rings (SSSR count). The van der Waals surface area contributed by atoms with Gasteiger partial charge in [0.15, 0.2) is 5.13 Å². The number of anilines is 1. The highest BCUT2D eigenvalue weighted by Crippen LogP contribution is 2.33. The first-order valence-electron chi connectivity index (χ1n) is 8.36. The quantitative estimate of drug-likeness (QED) is 0.775. The highest BCUT2D eigenvalue weighted by atomic mass is 32.1. The highest BCUT2D eigenvalue weighted by molar-refractivity contribution is 7.14. The summed E-state index contributed by atoms with van der Waals surface area (Å²) in [4.78, 5) is 7.36. The van der Waals surface area contributed by atoms with Crippen LogP contribution in [0.1, 0.15) is 17.2 Å². The van der Waals surface area contributed by atoms with Gasteiger partial charge in [0.1, 0.15) is 0 Å². The second-order valence-electron chi connectivity index (χ2n) is 6.21. The zero-order valence-electron chi connectivity index (χ0n) is 13.8. The lowest BCUT2D eigenvalue weighted by atomic mass is 10.0. The maximum Gasteiger partial charge on any atom is 0.186 e. The molecule has 2 aromatic carbocycles. The molecule has 2 heterocycles. The summed E-state index contributed by atoms with van der Waals surface area (Å²) >= 11 is 1.74. The normalized spacial score (nSPS) is 17.9. The van der Waals surface area contributed by atoms with Crippen molar-refractivity contribution < 1.29 is 0 Å². The molecule has 1 unspecified atom stereocenters. The number of hydrogen-bond donors (Lipinski definition) is 1. The summed E-state index contributed by atoms with van der Waals surface area (Å²) in [5.74, 6) is 0. The van der Waals surface area contributed by atoms with Crippen molar-refractivity contribution in [3.63, 3.8) is 0 Å². The molecule has 1 aliphatic heterocycles. The summed E-state index contributed by atoms with van der Waals surface area (Å²) in [6, 6.07) is 19.6. The van der Waals surface area contributed by atoms with Crippen LogP contribution in [0.2, 0.25) is 0 Å². The minimum Gasteiger partial charge on any atom is -0.338 e. The standard InChI is InChI=1S/C20H21N3S/c1-15-7-9-17(10-8-15)19-13-21-11-12-23(19)20-22-18(14-24-20)16-5-3-2-4-6-16/h2-10,14,19,21H,11-13H2,1H3. The van der Waals surface area contributed by atoms with Crippen molar-refractivity contribution >= 4 is 16.5 Å². The number of nitrogens with zero attached hydrogens (tertiary/aromatic N) is 2. The molecule has 1 saturated heterocycles. The van der Waals surface area contributed by atoms with Gasteiger partial charge < -0.3 is 10.2 Å². The second-order valence-corrected chi connectivity index (χ2v) is 7.04. The van der Waals surface area contributed by atoms with E-state index in [1.54, 1.807) is 11.3 Å². The molecule has 0 saturated carbocycles. The van der Waals surface area contributed by atoms with E-state index in [4.69, 9.17) is 4.98 Å². The molecule has 0 radical (unpaired) electrons. The second kappa shape index (κ2) is 6.75. The molecule has 4 heteroatoms. The van der Waals surface area contributed by atoms with Crippen molar-refractivity contribution in [2.75, 3.05) is 24.5 Å². The van der Waals surface area contributed by atoms with Crippen LogP contribution in [0, 0.1) is 6.92 Å². The van der Waals surface area contributed by atoms with Gasteiger partial charge in [-0.2, -0.15) is 0 Å². The van der Waals surface area contributed by atoms with Gasteiger partial charge in [-0.05, 0) is 12.5 Å². The molecular weight excluding hydrogens is 314 g/mol. The molecule has 3 aromatic rings. The van der Waals surface area contributed by atoms with E-state index < -0.39 is 0 Å². The van der Waals surface area contributed by atoms with Gasteiger partial charge in [-0.25, -0.2) is 4.98 Å². The molecule has 1 fully saturated rings. The number of aryl methyl sites for hydroxylation is 1. The molecule has 3 nitrogen and oxygen atoms in total. The van der Waals surface area contributed by atoms with E-state index in [1.165, 1.54) is 16.7 Å². The Balaban J connectivity index is 1.64. The molecule has 0 spiro atoms. The monoisotopic (exact) mass is 335 g/mol. The van der Waals surface area contributed by atoms with Crippen molar-refractivity contribution in [2.45, 2.75) is 13.0 Å². The van der Waals surface area contributed by atoms with E-state index in [-0.39, 0.29) is 0 Å². The van der Waals surface area contributed by atoms with E-state index in [0.717, 1.165) is 30.5 Å². The molecule has 122 valence electrons. The van der Waals surface area contributed by atoms with E-state index >= 15 is 0 Å². The molecule has 1 N–H and O–H groups in total. The average Bonchev–Trinajstić information content (AvgIpc) is 3.13. The topological polar surface area (TPSA) is 28.2 Å². The van der Waals surface area contributed by atoms with Crippen molar-refractivity contribution in [1.29, 1.82) is 0 Å². The van der Waals surface area contributed by atoms with Crippen LogP contribution in [-0.2, 0) is 0 Å². The van der Waals surface area contributed by atoms with Crippen LogP contribution in [0.25, 0.3) is 11.3 Å². The van der Waals surface area contributed by atoms with E-state index in [2.05, 4.69) is 71.1 Å². The Morgan fingerprint density at radius 2 is 1.88 bits per heavy atom. The van der Waals surface area contributed by atoms with Crippen molar-refractivity contribution in [1.82, 2.24) is 10.3 Å². The summed E-state index contributed by atoms with van der Waals surface area (Å²) in [6.07, 6.45) is 0. The van der Waals surface area contributed by atoms with Crippen molar-refractivity contribution in [3.8, 4) is 11.3 Å². The van der Waals surface area contributed by atoms with Crippen LogP contribution in [-0.4, -0.2) is 24.6 Å². The summed E-state index contributed by atoms with van der Waals surface area (Å²) < 4.78 is 0. The first-order chi connectivity index (χ1) is 11.8. The summed E-state index contributed by atoms with van der Waals surface area (Å²) in [5.41, 5.74) is 4.90. The van der Waals surface area contributed by atoms with Gasteiger partial charge in [-0.15, -0.1) is 11.3 Å². The largest absolute Gasteiger partial charge is 0.338 e. The van der Waals surface area contributed by atoms with Gasteiger partial charge in [-0.3, -0.25) is 0 Å². The van der Waals surface area contributed by atoms with Crippen LogP contribution in [0.5, 0.6) is 0 Å². The van der Waals surface area contributed by atoms with Crippen LogP contribution < -0.4 is 10.2 Å². The first kappa shape index (κ1) is 15.4. The fourth-order valence-corrected chi connectivity index (χ4v) is 4.07. The van der Waals surface area contributed by atoms with Gasteiger partial charge in [-0.1, -0.05) is 60.2 Å². The molecular formula is C20H21N3S. The van der Waals surface area contributed by atoms with Crippen molar-refractivity contribution in [3.05, 3.63) is 71.1 Å². The Hall–Kier alpha value is -2.17. The first-order valence-corrected chi connectivity index (χ1v) is 9.24. The van der Waals surface area contributed by atoms with Crippen LogP contribution >= 0.6 is 11.3 Å². The summed E-state index contributed by atoms with van der Waals surface area (Å²) in [5, 5.41) is 6.80. The number of aromatic nitrogens is 1. The van der Waals surface area contributed by atoms with Gasteiger partial charge in [0, 0.05) is 30.6 Å². The maximum atomic E-state index is 4.91.